The van der Waals surface area contributed by atoms with Gasteiger partial charge in [-0.2, -0.15) is 0 Å². The van der Waals surface area contributed by atoms with Gasteiger partial charge in [0.05, 0.1) is 11.7 Å². The van der Waals surface area contributed by atoms with E-state index < -0.39 is 0 Å². The summed E-state index contributed by atoms with van der Waals surface area (Å²) in [5.74, 6) is 0. The predicted octanol–water partition coefficient (Wildman–Crippen LogP) is 3.76. The smallest absolute Gasteiger partial charge is 0.110 e. The van der Waals surface area contributed by atoms with E-state index in [1.807, 2.05) is 6.92 Å². The minimum Gasteiger partial charge on any atom is -0.322 e. The molecule has 2 aromatic rings. The second kappa shape index (κ2) is 4.59. The molecular formula is C14H18N2S. The van der Waals surface area contributed by atoms with Gasteiger partial charge in [-0.3, -0.25) is 0 Å². The van der Waals surface area contributed by atoms with Crippen LogP contribution in [-0.2, 0) is 0 Å². The molecule has 0 fully saturated rings. The van der Waals surface area contributed by atoms with E-state index in [0.29, 0.717) is 0 Å². The number of hydrogen-bond donors (Lipinski definition) is 1. The van der Waals surface area contributed by atoms with Crippen molar-refractivity contribution in [2.75, 3.05) is 0 Å². The van der Waals surface area contributed by atoms with E-state index in [-0.39, 0.29) is 6.04 Å². The quantitative estimate of drug-likeness (QED) is 0.876. The number of nitrogens with zero attached hydrogens (tertiary/aromatic N) is 1. The summed E-state index contributed by atoms with van der Waals surface area (Å²) in [5, 5.41) is 1.01. The number of thiazole rings is 1. The Labute approximate surface area is 107 Å². The van der Waals surface area contributed by atoms with Crippen LogP contribution in [0, 0.1) is 20.8 Å². The SMILES string of the molecule is Cc1ccc(C)c(-c2nc(C(C)N)sc2C)c1. The van der Waals surface area contributed by atoms with Gasteiger partial charge in [0.15, 0.2) is 0 Å². The molecule has 1 heterocycles. The molecule has 0 aliphatic heterocycles. The molecule has 0 aliphatic carbocycles. The van der Waals surface area contributed by atoms with Gasteiger partial charge in [0, 0.05) is 10.4 Å². The van der Waals surface area contributed by atoms with Crippen LogP contribution in [0.4, 0.5) is 0 Å². The summed E-state index contributed by atoms with van der Waals surface area (Å²) in [6.45, 7) is 8.32. The Bertz CT molecular complexity index is 541. The van der Waals surface area contributed by atoms with Gasteiger partial charge in [-0.1, -0.05) is 17.7 Å². The minimum atomic E-state index is 0.0116. The number of nitrogens with two attached hydrogens (primary N) is 1. The van der Waals surface area contributed by atoms with Crippen LogP contribution in [-0.4, -0.2) is 4.98 Å². The molecule has 2 N–H and O–H groups in total. The Morgan fingerprint density at radius 3 is 2.53 bits per heavy atom. The fourth-order valence-electron chi connectivity index (χ4n) is 1.85. The highest BCUT2D eigenvalue weighted by atomic mass is 32.1. The molecule has 0 bridgehead atoms. The fourth-order valence-corrected chi connectivity index (χ4v) is 2.74. The van der Waals surface area contributed by atoms with Crippen molar-refractivity contribution in [3.63, 3.8) is 0 Å². The fraction of sp³-hybridized carbons (Fsp3) is 0.357. The number of benzene rings is 1. The standard InChI is InChI=1S/C14H18N2S/c1-8-5-6-9(2)12(7-8)13-11(4)17-14(16-13)10(3)15/h5-7,10H,15H2,1-4H3. The summed E-state index contributed by atoms with van der Waals surface area (Å²) in [7, 11) is 0. The van der Waals surface area contributed by atoms with Crippen LogP contribution in [0.25, 0.3) is 11.3 Å². The number of rotatable bonds is 2. The van der Waals surface area contributed by atoms with E-state index in [9.17, 15) is 0 Å². The summed E-state index contributed by atoms with van der Waals surface area (Å²) in [5.41, 5.74) is 10.7. The first-order valence-electron chi connectivity index (χ1n) is 5.79. The van der Waals surface area contributed by atoms with E-state index in [4.69, 9.17) is 5.73 Å². The summed E-state index contributed by atoms with van der Waals surface area (Å²) in [6, 6.07) is 6.49. The van der Waals surface area contributed by atoms with Gasteiger partial charge < -0.3 is 5.73 Å². The van der Waals surface area contributed by atoms with Gasteiger partial charge in [-0.05, 0) is 39.3 Å². The summed E-state index contributed by atoms with van der Waals surface area (Å²) >= 11 is 1.70. The highest BCUT2D eigenvalue weighted by molar-refractivity contribution is 7.12. The van der Waals surface area contributed by atoms with Gasteiger partial charge in [-0.15, -0.1) is 11.3 Å². The van der Waals surface area contributed by atoms with Crippen LogP contribution in [0.2, 0.25) is 0 Å². The summed E-state index contributed by atoms with van der Waals surface area (Å²) < 4.78 is 0. The third kappa shape index (κ3) is 2.40. The average Bonchev–Trinajstić information content (AvgIpc) is 2.64. The third-order valence-electron chi connectivity index (χ3n) is 2.85. The molecule has 90 valence electrons. The zero-order valence-electron chi connectivity index (χ0n) is 10.7. The maximum Gasteiger partial charge on any atom is 0.110 e. The monoisotopic (exact) mass is 246 g/mol. The lowest BCUT2D eigenvalue weighted by Gasteiger charge is -2.05. The molecule has 2 rings (SSSR count). The second-order valence-electron chi connectivity index (χ2n) is 4.56. The first-order chi connectivity index (χ1) is 7.99. The predicted molar refractivity (Wildman–Crippen MR) is 74.4 cm³/mol. The Morgan fingerprint density at radius 2 is 1.94 bits per heavy atom. The van der Waals surface area contributed by atoms with Crippen LogP contribution >= 0.6 is 11.3 Å². The van der Waals surface area contributed by atoms with Crippen molar-refractivity contribution >= 4 is 11.3 Å². The largest absolute Gasteiger partial charge is 0.322 e. The van der Waals surface area contributed by atoms with Crippen molar-refractivity contribution in [2.45, 2.75) is 33.7 Å². The molecule has 0 spiro atoms. The summed E-state index contributed by atoms with van der Waals surface area (Å²) in [4.78, 5) is 5.92. The Balaban J connectivity index is 2.56. The van der Waals surface area contributed by atoms with E-state index >= 15 is 0 Å². The third-order valence-corrected chi connectivity index (χ3v) is 4.02. The van der Waals surface area contributed by atoms with E-state index in [1.165, 1.54) is 21.6 Å². The maximum atomic E-state index is 5.89. The molecule has 17 heavy (non-hydrogen) atoms. The first kappa shape index (κ1) is 12.3. The van der Waals surface area contributed by atoms with Crippen molar-refractivity contribution in [3.8, 4) is 11.3 Å². The Hall–Kier alpha value is -1.19. The van der Waals surface area contributed by atoms with Crippen molar-refractivity contribution < 1.29 is 0 Å². The van der Waals surface area contributed by atoms with Gasteiger partial charge in [-0.25, -0.2) is 4.98 Å². The first-order valence-corrected chi connectivity index (χ1v) is 6.61. The van der Waals surface area contributed by atoms with Gasteiger partial charge in [0.2, 0.25) is 0 Å². The molecule has 0 radical (unpaired) electrons. The van der Waals surface area contributed by atoms with Crippen LogP contribution in [0.3, 0.4) is 0 Å². The highest BCUT2D eigenvalue weighted by Crippen LogP contribution is 2.32. The van der Waals surface area contributed by atoms with Gasteiger partial charge in [0.25, 0.3) is 0 Å². The highest BCUT2D eigenvalue weighted by Gasteiger charge is 2.13. The molecule has 1 unspecified atom stereocenters. The van der Waals surface area contributed by atoms with E-state index in [1.54, 1.807) is 11.3 Å². The molecule has 1 aromatic carbocycles. The number of aryl methyl sites for hydroxylation is 3. The topological polar surface area (TPSA) is 38.9 Å². The van der Waals surface area contributed by atoms with Crippen molar-refractivity contribution in [1.82, 2.24) is 4.98 Å². The normalized spacial score (nSPS) is 12.8. The molecule has 0 aliphatic rings. The maximum absolute atomic E-state index is 5.89. The lowest BCUT2D eigenvalue weighted by atomic mass is 10.0. The lowest BCUT2D eigenvalue weighted by Crippen LogP contribution is -2.03. The number of hydrogen-bond acceptors (Lipinski definition) is 3. The van der Waals surface area contributed by atoms with Crippen LogP contribution in [0.1, 0.15) is 34.0 Å². The molecular weight excluding hydrogens is 228 g/mol. The Morgan fingerprint density at radius 1 is 1.24 bits per heavy atom. The molecule has 0 saturated carbocycles. The van der Waals surface area contributed by atoms with E-state index in [0.717, 1.165) is 10.7 Å². The van der Waals surface area contributed by atoms with Crippen molar-refractivity contribution in [3.05, 3.63) is 39.2 Å². The van der Waals surface area contributed by atoms with Crippen LogP contribution in [0.15, 0.2) is 18.2 Å². The summed E-state index contributed by atoms with van der Waals surface area (Å²) in [6.07, 6.45) is 0. The lowest BCUT2D eigenvalue weighted by molar-refractivity contribution is 0.808. The van der Waals surface area contributed by atoms with Crippen molar-refractivity contribution in [1.29, 1.82) is 0 Å². The molecule has 0 amide bonds. The van der Waals surface area contributed by atoms with Crippen molar-refractivity contribution in [2.24, 2.45) is 5.73 Å². The minimum absolute atomic E-state index is 0.0116. The molecule has 1 atom stereocenters. The Kier molecular flexibility index (Phi) is 3.31. The molecule has 2 nitrogen and oxygen atoms in total. The molecule has 1 aromatic heterocycles. The van der Waals surface area contributed by atoms with Gasteiger partial charge >= 0.3 is 0 Å². The molecule has 3 heteroatoms. The zero-order chi connectivity index (χ0) is 12.6. The zero-order valence-corrected chi connectivity index (χ0v) is 11.6. The van der Waals surface area contributed by atoms with Crippen LogP contribution < -0.4 is 5.73 Å². The van der Waals surface area contributed by atoms with Crippen LogP contribution in [0.5, 0.6) is 0 Å². The number of aromatic nitrogens is 1. The second-order valence-corrected chi connectivity index (χ2v) is 5.80. The molecule has 0 saturated heterocycles. The van der Waals surface area contributed by atoms with E-state index in [2.05, 4.69) is 44.0 Å². The average molecular weight is 246 g/mol. The van der Waals surface area contributed by atoms with Gasteiger partial charge in [0.1, 0.15) is 5.01 Å².